The molecule has 0 aromatic carbocycles. The number of carbonyl (C=O) groups excluding carboxylic acids is 2. The molecule has 0 aliphatic rings. The Labute approximate surface area is 103 Å². The SMILES string of the molecule is CCOC(=O)C(CC)NC(C(=O)OC)C(C)C. The third-order valence-electron chi connectivity index (χ3n) is 2.48. The molecule has 0 saturated heterocycles. The lowest BCUT2D eigenvalue weighted by Crippen LogP contribution is -2.50. The van der Waals surface area contributed by atoms with Crippen LogP contribution in [0.4, 0.5) is 0 Å². The second kappa shape index (κ2) is 8.06. The number of rotatable bonds is 7. The van der Waals surface area contributed by atoms with Gasteiger partial charge in [-0.2, -0.15) is 0 Å². The minimum Gasteiger partial charge on any atom is -0.468 e. The van der Waals surface area contributed by atoms with Crippen LogP contribution >= 0.6 is 0 Å². The zero-order valence-electron chi connectivity index (χ0n) is 11.3. The van der Waals surface area contributed by atoms with Gasteiger partial charge in [0.25, 0.3) is 0 Å². The lowest BCUT2D eigenvalue weighted by Gasteiger charge is -2.24. The highest BCUT2D eigenvalue weighted by Gasteiger charge is 2.28. The summed E-state index contributed by atoms with van der Waals surface area (Å²) in [6.45, 7) is 7.74. The molecule has 0 aliphatic carbocycles. The Morgan fingerprint density at radius 3 is 2.12 bits per heavy atom. The molecule has 2 unspecified atom stereocenters. The summed E-state index contributed by atoms with van der Waals surface area (Å²) in [6.07, 6.45) is 0.568. The molecule has 0 aliphatic heterocycles. The van der Waals surface area contributed by atoms with Gasteiger partial charge in [-0.3, -0.25) is 14.9 Å². The minimum absolute atomic E-state index is 0.0472. The van der Waals surface area contributed by atoms with Gasteiger partial charge in [0.1, 0.15) is 12.1 Å². The predicted molar refractivity (Wildman–Crippen MR) is 64.5 cm³/mol. The zero-order valence-corrected chi connectivity index (χ0v) is 11.3. The van der Waals surface area contributed by atoms with Gasteiger partial charge in [-0.1, -0.05) is 20.8 Å². The van der Waals surface area contributed by atoms with Crippen LogP contribution in [0.2, 0.25) is 0 Å². The average molecular weight is 245 g/mol. The number of hydrogen-bond donors (Lipinski definition) is 1. The highest BCUT2D eigenvalue weighted by Crippen LogP contribution is 2.07. The molecule has 1 N–H and O–H groups in total. The standard InChI is InChI=1S/C12H23NO4/c1-6-9(11(14)17-7-2)13-10(8(3)4)12(15)16-5/h8-10,13H,6-7H2,1-5H3. The van der Waals surface area contributed by atoms with Crippen LogP contribution in [0.15, 0.2) is 0 Å². The van der Waals surface area contributed by atoms with Gasteiger partial charge in [-0.15, -0.1) is 0 Å². The highest BCUT2D eigenvalue weighted by atomic mass is 16.5. The van der Waals surface area contributed by atoms with Crippen LogP contribution in [0.5, 0.6) is 0 Å². The van der Waals surface area contributed by atoms with Crippen LogP contribution in [0, 0.1) is 5.92 Å². The summed E-state index contributed by atoms with van der Waals surface area (Å²) in [5.41, 5.74) is 0. The van der Waals surface area contributed by atoms with Gasteiger partial charge < -0.3 is 9.47 Å². The molecule has 0 aromatic heterocycles. The number of carbonyl (C=O) groups is 2. The molecular weight excluding hydrogens is 222 g/mol. The lowest BCUT2D eigenvalue weighted by molar-refractivity contribution is -0.148. The summed E-state index contributed by atoms with van der Waals surface area (Å²) < 4.78 is 9.64. The van der Waals surface area contributed by atoms with Crippen molar-refractivity contribution < 1.29 is 19.1 Å². The van der Waals surface area contributed by atoms with E-state index < -0.39 is 12.1 Å². The number of esters is 2. The Bertz CT molecular complexity index is 253. The van der Waals surface area contributed by atoms with E-state index in [-0.39, 0.29) is 17.9 Å². The first-order chi connectivity index (χ1) is 7.97. The number of ether oxygens (including phenoxy) is 2. The summed E-state index contributed by atoms with van der Waals surface area (Å²) in [6, 6.07) is -0.962. The molecule has 0 rings (SSSR count). The average Bonchev–Trinajstić information content (AvgIpc) is 2.29. The highest BCUT2D eigenvalue weighted by molar-refractivity contribution is 5.79. The Morgan fingerprint density at radius 1 is 1.18 bits per heavy atom. The van der Waals surface area contributed by atoms with Gasteiger partial charge >= 0.3 is 11.9 Å². The molecule has 5 nitrogen and oxygen atoms in total. The fraction of sp³-hybridized carbons (Fsp3) is 0.833. The van der Waals surface area contributed by atoms with E-state index >= 15 is 0 Å². The van der Waals surface area contributed by atoms with Gasteiger partial charge in [-0.05, 0) is 19.3 Å². The van der Waals surface area contributed by atoms with E-state index in [1.165, 1.54) is 7.11 Å². The minimum atomic E-state index is -0.491. The first kappa shape index (κ1) is 15.9. The summed E-state index contributed by atoms with van der Waals surface area (Å²) >= 11 is 0. The van der Waals surface area contributed by atoms with Crippen molar-refractivity contribution in [2.24, 2.45) is 5.92 Å². The first-order valence-corrected chi connectivity index (χ1v) is 5.98. The molecule has 17 heavy (non-hydrogen) atoms. The topological polar surface area (TPSA) is 64.6 Å². The summed E-state index contributed by atoms with van der Waals surface area (Å²) in [5, 5.41) is 2.99. The number of hydrogen-bond acceptors (Lipinski definition) is 5. The fourth-order valence-corrected chi connectivity index (χ4v) is 1.47. The van der Waals surface area contributed by atoms with Crippen molar-refractivity contribution in [2.45, 2.75) is 46.2 Å². The third kappa shape index (κ3) is 5.17. The first-order valence-electron chi connectivity index (χ1n) is 5.98. The van der Waals surface area contributed by atoms with E-state index in [2.05, 4.69) is 5.32 Å². The molecule has 2 atom stereocenters. The van der Waals surface area contributed by atoms with Gasteiger partial charge in [-0.25, -0.2) is 0 Å². The van der Waals surface area contributed by atoms with Gasteiger partial charge in [0.15, 0.2) is 0 Å². The van der Waals surface area contributed by atoms with Gasteiger partial charge in [0, 0.05) is 0 Å². The lowest BCUT2D eigenvalue weighted by atomic mass is 10.0. The Kier molecular flexibility index (Phi) is 7.54. The zero-order chi connectivity index (χ0) is 13.4. The molecule has 0 aromatic rings. The second-order valence-corrected chi connectivity index (χ2v) is 4.12. The molecule has 0 radical (unpaired) electrons. The maximum Gasteiger partial charge on any atom is 0.323 e. The monoisotopic (exact) mass is 245 g/mol. The smallest absolute Gasteiger partial charge is 0.323 e. The van der Waals surface area contributed by atoms with Crippen LogP contribution < -0.4 is 5.32 Å². The molecule has 0 saturated carbocycles. The Morgan fingerprint density at radius 2 is 1.76 bits per heavy atom. The number of methoxy groups -OCH3 is 1. The predicted octanol–water partition coefficient (Wildman–Crippen LogP) is 1.12. The van der Waals surface area contributed by atoms with E-state index in [0.717, 1.165) is 0 Å². The Balaban J connectivity index is 4.59. The Hall–Kier alpha value is -1.10. The molecule has 0 heterocycles. The van der Waals surface area contributed by atoms with E-state index in [4.69, 9.17) is 9.47 Å². The molecular formula is C12H23NO4. The van der Waals surface area contributed by atoms with Gasteiger partial charge in [0.2, 0.25) is 0 Å². The quantitative estimate of drug-likeness (QED) is 0.681. The second-order valence-electron chi connectivity index (χ2n) is 4.12. The molecule has 0 fully saturated rings. The molecule has 5 heteroatoms. The van der Waals surface area contributed by atoms with Crippen molar-refractivity contribution in [2.75, 3.05) is 13.7 Å². The normalized spacial score (nSPS) is 14.2. The van der Waals surface area contributed by atoms with Crippen molar-refractivity contribution in [3.63, 3.8) is 0 Å². The van der Waals surface area contributed by atoms with Crippen molar-refractivity contribution in [1.82, 2.24) is 5.32 Å². The van der Waals surface area contributed by atoms with Crippen LogP contribution in [0.1, 0.15) is 34.1 Å². The van der Waals surface area contributed by atoms with E-state index in [9.17, 15) is 9.59 Å². The van der Waals surface area contributed by atoms with Crippen LogP contribution in [-0.4, -0.2) is 37.7 Å². The van der Waals surface area contributed by atoms with Gasteiger partial charge in [0.05, 0.1) is 13.7 Å². The summed E-state index contributed by atoms with van der Waals surface area (Å²) in [7, 11) is 1.34. The van der Waals surface area contributed by atoms with Crippen molar-refractivity contribution in [1.29, 1.82) is 0 Å². The molecule has 100 valence electrons. The van der Waals surface area contributed by atoms with Crippen LogP contribution in [-0.2, 0) is 19.1 Å². The fourth-order valence-electron chi connectivity index (χ4n) is 1.47. The van der Waals surface area contributed by atoms with Crippen molar-refractivity contribution in [3.05, 3.63) is 0 Å². The summed E-state index contributed by atoms with van der Waals surface area (Å²) in [4.78, 5) is 23.2. The van der Waals surface area contributed by atoms with E-state index in [1.54, 1.807) is 6.92 Å². The maximum atomic E-state index is 11.6. The van der Waals surface area contributed by atoms with Crippen LogP contribution in [0.25, 0.3) is 0 Å². The molecule has 0 amide bonds. The van der Waals surface area contributed by atoms with E-state index in [0.29, 0.717) is 13.0 Å². The maximum absolute atomic E-state index is 11.6. The largest absolute Gasteiger partial charge is 0.468 e. The van der Waals surface area contributed by atoms with Crippen LogP contribution in [0.3, 0.4) is 0 Å². The van der Waals surface area contributed by atoms with E-state index in [1.807, 2.05) is 20.8 Å². The van der Waals surface area contributed by atoms with Crippen molar-refractivity contribution in [3.8, 4) is 0 Å². The molecule has 0 bridgehead atoms. The molecule has 0 spiro atoms. The van der Waals surface area contributed by atoms with Crippen molar-refractivity contribution >= 4 is 11.9 Å². The summed E-state index contributed by atoms with van der Waals surface area (Å²) in [5.74, 6) is -0.641. The number of nitrogens with one attached hydrogen (secondary N) is 1. The third-order valence-corrected chi connectivity index (χ3v) is 2.48.